The van der Waals surface area contributed by atoms with Crippen molar-refractivity contribution in [1.29, 1.82) is 0 Å². The summed E-state index contributed by atoms with van der Waals surface area (Å²) in [6.45, 7) is 1.96. The van der Waals surface area contributed by atoms with Gasteiger partial charge >= 0.3 is 6.43 Å². The lowest BCUT2D eigenvalue weighted by Gasteiger charge is -1.85. The van der Waals surface area contributed by atoms with Crippen LogP contribution in [0.15, 0.2) is 9.90 Å². The Hall–Kier alpha value is -1.37. The molecule has 2 aromatic rings. The van der Waals surface area contributed by atoms with Crippen molar-refractivity contribution in [2.24, 2.45) is 0 Å². The van der Waals surface area contributed by atoms with Crippen LogP contribution in [0.2, 0.25) is 0 Å². The van der Waals surface area contributed by atoms with Gasteiger partial charge in [0.25, 0.3) is 5.89 Å². The summed E-state index contributed by atoms with van der Waals surface area (Å²) in [6, 6.07) is 0. The van der Waals surface area contributed by atoms with Crippen molar-refractivity contribution >= 4 is 11.3 Å². The maximum Gasteiger partial charge on any atom is 0.300 e. The molecule has 80 valence electrons. The molecule has 2 heterocycles. The highest BCUT2D eigenvalue weighted by atomic mass is 32.1. The van der Waals surface area contributed by atoms with Crippen LogP contribution in [-0.2, 0) is 6.42 Å². The average Bonchev–Trinajstić information content (AvgIpc) is 2.86. The first-order valence-corrected chi connectivity index (χ1v) is 5.15. The van der Waals surface area contributed by atoms with E-state index in [-0.39, 0.29) is 5.89 Å². The van der Waals surface area contributed by atoms with Crippen molar-refractivity contribution in [3.05, 3.63) is 16.2 Å². The van der Waals surface area contributed by atoms with Gasteiger partial charge in [-0.2, -0.15) is 4.98 Å². The first-order chi connectivity index (χ1) is 7.20. The summed E-state index contributed by atoms with van der Waals surface area (Å²) in [6.07, 6.45) is -1.92. The molecule has 0 spiro atoms. The number of rotatable bonds is 3. The van der Waals surface area contributed by atoms with Crippen LogP contribution in [0.25, 0.3) is 11.6 Å². The summed E-state index contributed by atoms with van der Waals surface area (Å²) in [5.41, 5.74) is 0.455. The first kappa shape index (κ1) is 10.2. The molecule has 0 aliphatic carbocycles. The molecule has 0 unspecified atom stereocenters. The Morgan fingerprint density at radius 1 is 1.47 bits per heavy atom. The zero-order valence-electron chi connectivity index (χ0n) is 7.78. The molecule has 0 aliphatic heterocycles. The molecular formula is C8H7F2N3OS. The monoisotopic (exact) mass is 231 g/mol. The Morgan fingerprint density at radius 3 is 2.80 bits per heavy atom. The zero-order chi connectivity index (χ0) is 10.8. The van der Waals surface area contributed by atoms with Crippen molar-refractivity contribution in [2.45, 2.75) is 19.8 Å². The third-order valence-corrected chi connectivity index (χ3v) is 2.70. The molecule has 0 saturated heterocycles. The second-order valence-corrected chi connectivity index (χ2v) is 3.68. The van der Waals surface area contributed by atoms with Gasteiger partial charge in [0.1, 0.15) is 5.69 Å². The fourth-order valence-electron chi connectivity index (χ4n) is 0.999. The van der Waals surface area contributed by atoms with Crippen LogP contribution in [0.1, 0.15) is 24.2 Å². The molecule has 0 atom stereocenters. The van der Waals surface area contributed by atoms with E-state index in [4.69, 9.17) is 0 Å². The van der Waals surface area contributed by atoms with Gasteiger partial charge in [-0.25, -0.2) is 13.8 Å². The molecule has 0 fully saturated rings. The highest BCUT2D eigenvalue weighted by Gasteiger charge is 2.18. The number of alkyl halides is 2. The number of hydrogen-bond acceptors (Lipinski definition) is 5. The van der Waals surface area contributed by atoms with Crippen LogP contribution in [0.5, 0.6) is 0 Å². The second kappa shape index (κ2) is 4.01. The summed E-state index contributed by atoms with van der Waals surface area (Å²) in [4.78, 5) is 7.69. The fraction of sp³-hybridized carbons (Fsp3) is 0.375. The van der Waals surface area contributed by atoms with Crippen molar-refractivity contribution in [1.82, 2.24) is 15.1 Å². The fourth-order valence-corrected chi connectivity index (χ4v) is 1.72. The molecule has 0 N–H and O–H groups in total. The van der Waals surface area contributed by atoms with Crippen LogP contribution in [0.3, 0.4) is 0 Å². The zero-order valence-corrected chi connectivity index (χ0v) is 8.59. The lowest BCUT2D eigenvalue weighted by molar-refractivity contribution is 0.136. The Balaban J connectivity index is 2.28. The minimum atomic E-state index is -2.72. The third kappa shape index (κ3) is 2.01. The van der Waals surface area contributed by atoms with E-state index in [0.29, 0.717) is 5.69 Å². The molecule has 0 saturated carbocycles. The van der Waals surface area contributed by atoms with Gasteiger partial charge in [0.2, 0.25) is 5.82 Å². The summed E-state index contributed by atoms with van der Waals surface area (Å²) in [5, 5.41) is 5.77. The Morgan fingerprint density at radius 2 is 2.27 bits per heavy atom. The number of hydrogen-bond donors (Lipinski definition) is 0. The standard InChI is InChI=1S/C8H7F2N3OS/c1-2-5-11-4(3-15-5)8-12-7(6(9)10)13-14-8/h3,6H,2H2,1H3. The van der Waals surface area contributed by atoms with Gasteiger partial charge in [-0.05, 0) is 6.42 Å². The summed E-state index contributed by atoms with van der Waals surface area (Å²) < 4.78 is 29.0. The van der Waals surface area contributed by atoms with Gasteiger partial charge in [-0.1, -0.05) is 12.1 Å². The topological polar surface area (TPSA) is 51.8 Å². The third-order valence-electron chi connectivity index (χ3n) is 1.71. The highest BCUT2D eigenvalue weighted by Crippen LogP contribution is 2.23. The van der Waals surface area contributed by atoms with E-state index in [0.717, 1.165) is 11.4 Å². The molecule has 2 aromatic heterocycles. The van der Waals surface area contributed by atoms with Gasteiger partial charge in [0.05, 0.1) is 5.01 Å². The quantitative estimate of drug-likeness (QED) is 0.814. The Labute approximate surface area is 88.0 Å². The van der Waals surface area contributed by atoms with Gasteiger partial charge in [-0.15, -0.1) is 11.3 Å². The van der Waals surface area contributed by atoms with E-state index in [1.54, 1.807) is 5.38 Å². The molecule has 7 heteroatoms. The van der Waals surface area contributed by atoms with Crippen LogP contribution in [0.4, 0.5) is 8.78 Å². The SMILES string of the molecule is CCc1nc(-c2nc(C(F)F)no2)cs1. The smallest absolute Gasteiger partial charge is 0.300 e. The summed E-state index contributed by atoms with van der Waals surface area (Å²) in [7, 11) is 0. The number of aryl methyl sites for hydroxylation is 1. The number of halogens is 2. The number of thiazole rings is 1. The maximum atomic E-state index is 12.2. The van der Waals surface area contributed by atoms with E-state index in [2.05, 4.69) is 19.6 Å². The molecule has 4 nitrogen and oxygen atoms in total. The maximum absolute atomic E-state index is 12.2. The van der Waals surface area contributed by atoms with E-state index in [9.17, 15) is 8.78 Å². The molecule has 0 aliphatic rings. The molecule has 0 aromatic carbocycles. The predicted octanol–water partition coefficient (Wildman–Crippen LogP) is 2.69. The Kier molecular flexibility index (Phi) is 2.72. The number of aromatic nitrogens is 3. The van der Waals surface area contributed by atoms with Crippen LogP contribution < -0.4 is 0 Å². The average molecular weight is 231 g/mol. The van der Waals surface area contributed by atoms with Gasteiger partial charge in [0, 0.05) is 5.38 Å². The lowest BCUT2D eigenvalue weighted by atomic mass is 10.4. The normalized spacial score (nSPS) is 11.2. The summed E-state index contributed by atoms with van der Waals surface area (Å²) >= 11 is 1.44. The van der Waals surface area contributed by atoms with Crippen molar-refractivity contribution < 1.29 is 13.3 Å². The van der Waals surface area contributed by atoms with Crippen molar-refractivity contribution in [2.75, 3.05) is 0 Å². The van der Waals surface area contributed by atoms with E-state index < -0.39 is 12.2 Å². The minimum Gasteiger partial charge on any atom is -0.332 e. The molecule has 0 bridgehead atoms. The van der Waals surface area contributed by atoms with E-state index >= 15 is 0 Å². The lowest BCUT2D eigenvalue weighted by Crippen LogP contribution is -1.86. The second-order valence-electron chi connectivity index (χ2n) is 2.74. The molecule has 0 radical (unpaired) electrons. The number of nitrogens with zero attached hydrogens (tertiary/aromatic N) is 3. The largest absolute Gasteiger partial charge is 0.332 e. The minimum absolute atomic E-state index is 0.0428. The van der Waals surface area contributed by atoms with Crippen molar-refractivity contribution in [3.8, 4) is 11.6 Å². The van der Waals surface area contributed by atoms with Crippen molar-refractivity contribution in [3.63, 3.8) is 0 Å². The summed E-state index contributed by atoms with van der Waals surface area (Å²) in [5.74, 6) is -0.558. The predicted molar refractivity (Wildman–Crippen MR) is 49.7 cm³/mol. The molecular weight excluding hydrogens is 224 g/mol. The van der Waals surface area contributed by atoms with E-state index in [1.165, 1.54) is 11.3 Å². The molecule has 15 heavy (non-hydrogen) atoms. The molecule has 2 rings (SSSR count). The molecule has 0 amide bonds. The van der Waals surface area contributed by atoms with Gasteiger partial charge in [0.15, 0.2) is 0 Å². The van der Waals surface area contributed by atoms with Crippen LogP contribution >= 0.6 is 11.3 Å². The highest BCUT2D eigenvalue weighted by molar-refractivity contribution is 7.09. The van der Waals surface area contributed by atoms with Gasteiger partial charge < -0.3 is 4.52 Å². The van der Waals surface area contributed by atoms with Crippen LogP contribution in [0, 0.1) is 0 Å². The van der Waals surface area contributed by atoms with Gasteiger partial charge in [-0.3, -0.25) is 0 Å². The first-order valence-electron chi connectivity index (χ1n) is 4.27. The van der Waals surface area contributed by atoms with E-state index in [1.807, 2.05) is 6.92 Å². The van der Waals surface area contributed by atoms with Crippen LogP contribution in [-0.4, -0.2) is 15.1 Å². The Bertz CT molecular complexity index is 454.